The zero-order valence-corrected chi connectivity index (χ0v) is 10.6. The van der Waals surface area contributed by atoms with E-state index in [1.54, 1.807) is 4.90 Å². The van der Waals surface area contributed by atoms with Crippen LogP contribution < -0.4 is 0 Å². The average molecular weight is 255 g/mol. The summed E-state index contributed by atoms with van der Waals surface area (Å²) in [5.41, 5.74) is 0.400. The lowest BCUT2D eigenvalue weighted by Gasteiger charge is -2.26. The van der Waals surface area contributed by atoms with Gasteiger partial charge in [0.1, 0.15) is 11.6 Å². The zero-order chi connectivity index (χ0) is 13.7. The molecule has 0 saturated heterocycles. The Kier molecular flexibility index (Phi) is 5.09. The molecule has 18 heavy (non-hydrogen) atoms. The number of halogens is 1. The third-order valence-corrected chi connectivity index (χ3v) is 2.97. The fraction of sp³-hybridized carbons (Fsp3) is 0.462. The molecular formula is C13H18FNO3. The van der Waals surface area contributed by atoms with E-state index < -0.39 is 11.8 Å². The van der Waals surface area contributed by atoms with E-state index in [0.29, 0.717) is 5.56 Å². The summed E-state index contributed by atoms with van der Waals surface area (Å²) >= 11 is 0. The van der Waals surface area contributed by atoms with Crippen molar-refractivity contribution in [1.29, 1.82) is 0 Å². The predicted octanol–water partition coefficient (Wildman–Crippen LogP) is 2.22. The van der Waals surface area contributed by atoms with Gasteiger partial charge in [-0.1, -0.05) is 6.92 Å². The summed E-state index contributed by atoms with van der Waals surface area (Å²) < 4.78 is 13.1. The standard InChI is InChI=1S/C13H18FNO3/c1-3-9(2)15(8-13(17)18)7-10-6-11(14)4-5-12(10)16/h4-6,9,16H,3,7-8H2,1-2H3,(H,17,18). The van der Waals surface area contributed by atoms with Gasteiger partial charge in [-0.05, 0) is 31.5 Å². The van der Waals surface area contributed by atoms with E-state index in [9.17, 15) is 14.3 Å². The van der Waals surface area contributed by atoms with Crippen LogP contribution in [0.25, 0.3) is 0 Å². The minimum Gasteiger partial charge on any atom is -0.508 e. The highest BCUT2D eigenvalue weighted by Crippen LogP contribution is 2.21. The van der Waals surface area contributed by atoms with Gasteiger partial charge in [0.15, 0.2) is 0 Å². The second-order valence-corrected chi connectivity index (χ2v) is 4.33. The van der Waals surface area contributed by atoms with Crippen molar-refractivity contribution >= 4 is 5.97 Å². The van der Waals surface area contributed by atoms with Gasteiger partial charge in [0.2, 0.25) is 0 Å². The largest absolute Gasteiger partial charge is 0.508 e. The van der Waals surface area contributed by atoms with Gasteiger partial charge in [-0.3, -0.25) is 9.69 Å². The van der Waals surface area contributed by atoms with Crippen LogP contribution in [0.3, 0.4) is 0 Å². The average Bonchev–Trinajstić information content (AvgIpc) is 2.31. The number of phenols is 1. The Morgan fingerprint density at radius 1 is 1.50 bits per heavy atom. The van der Waals surface area contributed by atoms with Crippen molar-refractivity contribution in [2.75, 3.05) is 6.54 Å². The molecule has 0 amide bonds. The number of benzene rings is 1. The van der Waals surface area contributed by atoms with E-state index in [1.807, 2.05) is 13.8 Å². The monoisotopic (exact) mass is 255 g/mol. The van der Waals surface area contributed by atoms with Gasteiger partial charge in [0, 0.05) is 18.2 Å². The van der Waals surface area contributed by atoms with Crippen molar-refractivity contribution in [1.82, 2.24) is 4.90 Å². The number of carboxylic acid groups (broad SMARTS) is 1. The van der Waals surface area contributed by atoms with Gasteiger partial charge < -0.3 is 10.2 Å². The van der Waals surface area contributed by atoms with Crippen LogP contribution in [0, 0.1) is 5.82 Å². The molecule has 0 saturated carbocycles. The number of aliphatic carboxylic acids is 1. The Bertz CT molecular complexity index is 423. The molecule has 0 fully saturated rings. The van der Waals surface area contributed by atoms with Crippen LogP contribution in [-0.4, -0.2) is 33.7 Å². The van der Waals surface area contributed by atoms with Crippen molar-refractivity contribution in [3.63, 3.8) is 0 Å². The zero-order valence-electron chi connectivity index (χ0n) is 10.6. The van der Waals surface area contributed by atoms with Crippen LogP contribution in [0.2, 0.25) is 0 Å². The van der Waals surface area contributed by atoms with Crippen LogP contribution in [0.5, 0.6) is 5.75 Å². The van der Waals surface area contributed by atoms with Gasteiger partial charge in [-0.15, -0.1) is 0 Å². The summed E-state index contributed by atoms with van der Waals surface area (Å²) in [6.07, 6.45) is 0.781. The molecule has 1 aromatic carbocycles. The minimum atomic E-state index is -0.939. The molecule has 5 heteroatoms. The summed E-state index contributed by atoms with van der Waals surface area (Å²) in [4.78, 5) is 12.5. The third kappa shape index (κ3) is 4.00. The van der Waals surface area contributed by atoms with Crippen LogP contribution >= 0.6 is 0 Å². The third-order valence-electron chi connectivity index (χ3n) is 2.97. The van der Waals surface area contributed by atoms with E-state index in [0.717, 1.165) is 6.42 Å². The lowest BCUT2D eigenvalue weighted by molar-refractivity contribution is -0.139. The molecule has 1 unspecified atom stereocenters. The van der Waals surface area contributed by atoms with Gasteiger partial charge in [0.05, 0.1) is 6.54 Å². The van der Waals surface area contributed by atoms with E-state index in [1.165, 1.54) is 18.2 Å². The second-order valence-electron chi connectivity index (χ2n) is 4.33. The molecule has 0 aliphatic rings. The maximum absolute atomic E-state index is 13.1. The van der Waals surface area contributed by atoms with E-state index in [-0.39, 0.29) is 24.9 Å². The molecule has 0 spiro atoms. The van der Waals surface area contributed by atoms with Crippen LogP contribution in [0.4, 0.5) is 4.39 Å². The van der Waals surface area contributed by atoms with Gasteiger partial charge in [0.25, 0.3) is 0 Å². The number of phenolic OH excluding ortho intramolecular Hbond substituents is 1. The van der Waals surface area contributed by atoms with Crippen molar-refractivity contribution in [2.45, 2.75) is 32.9 Å². The first-order chi connectivity index (χ1) is 8.43. The summed E-state index contributed by atoms with van der Waals surface area (Å²) in [6.45, 7) is 3.93. The number of nitrogens with zero attached hydrogens (tertiary/aromatic N) is 1. The van der Waals surface area contributed by atoms with Crippen LogP contribution in [0.15, 0.2) is 18.2 Å². The fourth-order valence-electron chi connectivity index (χ4n) is 1.70. The summed E-state index contributed by atoms with van der Waals surface area (Å²) in [5.74, 6) is -1.40. The van der Waals surface area contributed by atoms with E-state index in [2.05, 4.69) is 0 Å². The van der Waals surface area contributed by atoms with E-state index >= 15 is 0 Å². The maximum atomic E-state index is 13.1. The Morgan fingerprint density at radius 2 is 2.17 bits per heavy atom. The van der Waals surface area contributed by atoms with Crippen molar-refractivity contribution < 1.29 is 19.4 Å². The highest BCUT2D eigenvalue weighted by Gasteiger charge is 2.17. The molecule has 0 aromatic heterocycles. The Labute approximate surface area is 106 Å². The molecule has 0 aliphatic carbocycles. The quantitative estimate of drug-likeness (QED) is 0.818. The van der Waals surface area contributed by atoms with Crippen LogP contribution in [-0.2, 0) is 11.3 Å². The van der Waals surface area contributed by atoms with Crippen LogP contribution in [0.1, 0.15) is 25.8 Å². The summed E-state index contributed by atoms with van der Waals surface area (Å²) in [6, 6.07) is 3.72. The SMILES string of the molecule is CCC(C)N(CC(=O)O)Cc1cc(F)ccc1O. The number of carboxylic acids is 1. The molecule has 0 radical (unpaired) electrons. The topological polar surface area (TPSA) is 60.8 Å². The van der Waals surface area contributed by atoms with E-state index in [4.69, 9.17) is 5.11 Å². The number of carbonyl (C=O) groups is 1. The molecular weight excluding hydrogens is 237 g/mol. The Hall–Kier alpha value is -1.62. The van der Waals surface area contributed by atoms with Gasteiger partial charge in [-0.25, -0.2) is 4.39 Å². The van der Waals surface area contributed by atoms with Gasteiger partial charge in [-0.2, -0.15) is 0 Å². The summed E-state index contributed by atoms with van der Waals surface area (Å²) in [7, 11) is 0. The number of hydrogen-bond donors (Lipinski definition) is 2. The number of aromatic hydroxyl groups is 1. The van der Waals surface area contributed by atoms with Crippen molar-refractivity contribution in [2.24, 2.45) is 0 Å². The van der Waals surface area contributed by atoms with Crippen molar-refractivity contribution in [3.05, 3.63) is 29.6 Å². The predicted molar refractivity (Wildman–Crippen MR) is 65.9 cm³/mol. The highest BCUT2D eigenvalue weighted by molar-refractivity contribution is 5.69. The summed E-state index contributed by atoms with van der Waals surface area (Å²) in [5, 5.41) is 18.5. The molecule has 0 bridgehead atoms. The first-order valence-corrected chi connectivity index (χ1v) is 5.87. The lowest BCUT2D eigenvalue weighted by Crippen LogP contribution is -2.36. The Balaban J connectivity index is 2.88. The number of rotatable bonds is 6. The molecule has 1 aromatic rings. The molecule has 1 rings (SSSR count). The Morgan fingerprint density at radius 3 is 2.72 bits per heavy atom. The molecule has 100 valence electrons. The molecule has 0 heterocycles. The maximum Gasteiger partial charge on any atom is 0.317 e. The van der Waals surface area contributed by atoms with Crippen molar-refractivity contribution in [3.8, 4) is 5.75 Å². The second kappa shape index (κ2) is 6.35. The molecule has 4 nitrogen and oxygen atoms in total. The fourth-order valence-corrected chi connectivity index (χ4v) is 1.70. The molecule has 0 aliphatic heterocycles. The number of hydrogen-bond acceptors (Lipinski definition) is 3. The minimum absolute atomic E-state index is 0.0184. The smallest absolute Gasteiger partial charge is 0.317 e. The molecule has 2 N–H and O–H groups in total. The first-order valence-electron chi connectivity index (χ1n) is 5.87. The normalized spacial score (nSPS) is 12.7. The molecule has 1 atom stereocenters. The first kappa shape index (κ1) is 14.4. The highest BCUT2D eigenvalue weighted by atomic mass is 19.1. The lowest BCUT2D eigenvalue weighted by atomic mass is 10.1. The van der Waals surface area contributed by atoms with Gasteiger partial charge >= 0.3 is 5.97 Å².